The highest BCUT2D eigenvalue weighted by atomic mass is 19.1. The van der Waals surface area contributed by atoms with Crippen LogP contribution in [0.15, 0.2) is 42.7 Å². The summed E-state index contributed by atoms with van der Waals surface area (Å²) in [5.74, 6) is -0.301. The Morgan fingerprint density at radius 3 is 2.83 bits per heavy atom. The first kappa shape index (κ1) is 12.7. The van der Waals surface area contributed by atoms with E-state index in [-0.39, 0.29) is 5.82 Å². The molecule has 0 radical (unpaired) electrons. The van der Waals surface area contributed by atoms with Gasteiger partial charge in [0.1, 0.15) is 5.82 Å². The summed E-state index contributed by atoms with van der Waals surface area (Å²) in [4.78, 5) is 4.02. The largest absolute Gasteiger partial charge is 0.388 e. The molecular weight excluding hydrogens is 229 g/mol. The van der Waals surface area contributed by atoms with Crippen LogP contribution < -0.4 is 0 Å². The maximum atomic E-state index is 13.2. The normalized spacial score (nSPS) is 12.4. The smallest absolute Gasteiger partial charge is 0.123 e. The number of rotatable bonds is 4. The number of nitrogens with zero attached hydrogens (tertiary/aromatic N) is 1. The maximum absolute atomic E-state index is 13.2. The van der Waals surface area contributed by atoms with Gasteiger partial charge >= 0.3 is 0 Å². The molecular formula is C15H16FNO. The Kier molecular flexibility index (Phi) is 4.05. The molecule has 0 fully saturated rings. The van der Waals surface area contributed by atoms with Gasteiger partial charge in [-0.3, -0.25) is 4.98 Å². The lowest BCUT2D eigenvalue weighted by Crippen LogP contribution is -2.01. The van der Waals surface area contributed by atoms with E-state index in [9.17, 15) is 9.50 Å². The van der Waals surface area contributed by atoms with Gasteiger partial charge in [-0.1, -0.05) is 12.1 Å². The number of hydrogen-bond acceptors (Lipinski definition) is 2. The quantitative estimate of drug-likeness (QED) is 0.897. The van der Waals surface area contributed by atoms with Crippen LogP contribution in [-0.2, 0) is 6.42 Å². The van der Waals surface area contributed by atoms with Gasteiger partial charge in [-0.2, -0.15) is 0 Å². The molecule has 18 heavy (non-hydrogen) atoms. The van der Waals surface area contributed by atoms with Gasteiger partial charge < -0.3 is 5.11 Å². The zero-order chi connectivity index (χ0) is 13.0. The molecule has 0 aliphatic rings. The first-order chi connectivity index (χ1) is 8.65. The molecule has 0 amide bonds. The van der Waals surface area contributed by atoms with E-state index in [0.29, 0.717) is 12.0 Å². The fourth-order valence-corrected chi connectivity index (χ4v) is 1.97. The number of hydrogen-bond donors (Lipinski definition) is 1. The Balaban J connectivity index is 2.01. The molecule has 2 aromatic rings. The van der Waals surface area contributed by atoms with Crippen LogP contribution >= 0.6 is 0 Å². The fraction of sp³-hybridized carbons (Fsp3) is 0.267. The van der Waals surface area contributed by atoms with E-state index in [1.165, 1.54) is 12.1 Å². The standard InChI is InChI=1S/C15H16FNO/c1-11-7-13(9-14(16)8-11)15(18)5-4-12-3-2-6-17-10-12/h2-3,6-10,15,18H,4-5H2,1H3. The van der Waals surface area contributed by atoms with Crippen molar-refractivity contribution in [2.75, 3.05) is 0 Å². The van der Waals surface area contributed by atoms with Crippen molar-refractivity contribution in [2.45, 2.75) is 25.9 Å². The van der Waals surface area contributed by atoms with Crippen molar-refractivity contribution in [3.8, 4) is 0 Å². The highest BCUT2D eigenvalue weighted by Gasteiger charge is 2.09. The number of benzene rings is 1. The average molecular weight is 245 g/mol. The highest BCUT2D eigenvalue weighted by Crippen LogP contribution is 2.21. The lowest BCUT2D eigenvalue weighted by molar-refractivity contribution is 0.167. The molecule has 1 N–H and O–H groups in total. The second kappa shape index (κ2) is 5.74. The Bertz CT molecular complexity index is 493. The molecule has 0 bridgehead atoms. The summed E-state index contributed by atoms with van der Waals surface area (Å²) in [5.41, 5.74) is 2.53. The summed E-state index contributed by atoms with van der Waals surface area (Å²) >= 11 is 0. The maximum Gasteiger partial charge on any atom is 0.123 e. The van der Waals surface area contributed by atoms with Crippen LogP contribution in [0.4, 0.5) is 4.39 Å². The third-order valence-corrected chi connectivity index (χ3v) is 2.88. The third-order valence-electron chi connectivity index (χ3n) is 2.88. The molecule has 0 saturated heterocycles. The van der Waals surface area contributed by atoms with Crippen molar-refractivity contribution in [2.24, 2.45) is 0 Å². The Labute approximate surface area is 106 Å². The zero-order valence-electron chi connectivity index (χ0n) is 10.3. The Hall–Kier alpha value is -1.74. The third kappa shape index (κ3) is 3.37. The molecule has 1 heterocycles. The van der Waals surface area contributed by atoms with E-state index >= 15 is 0 Å². The number of halogens is 1. The van der Waals surface area contributed by atoms with E-state index in [0.717, 1.165) is 17.5 Å². The number of pyridine rings is 1. The van der Waals surface area contributed by atoms with E-state index < -0.39 is 6.10 Å². The lowest BCUT2D eigenvalue weighted by Gasteiger charge is -2.11. The van der Waals surface area contributed by atoms with Crippen LogP contribution in [0.3, 0.4) is 0 Å². The molecule has 1 aromatic carbocycles. The van der Waals surface area contributed by atoms with Crippen LogP contribution in [0.5, 0.6) is 0 Å². The minimum atomic E-state index is -0.639. The molecule has 1 atom stereocenters. The van der Waals surface area contributed by atoms with E-state index in [1.807, 2.05) is 25.1 Å². The van der Waals surface area contributed by atoms with Crippen LogP contribution in [-0.4, -0.2) is 10.1 Å². The highest BCUT2D eigenvalue weighted by molar-refractivity contribution is 5.25. The van der Waals surface area contributed by atoms with Gasteiger partial charge in [0, 0.05) is 12.4 Å². The van der Waals surface area contributed by atoms with E-state index in [2.05, 4.69) is 4.98 Å². The first-order valence-corrected chi connectivity index (χ1v) is 5.99. The van der Waals surface area contributed by atoms with E-state index in [1.54, 1.807) is 12.4 Å². The molecule has 0 spiro atoms. The van der Waals surface area contributed by atoms with Crippen molar-refractivity contribution in [1.29, 1.82) is 0 Å². The SMILES string of the molecule is Cc1cc(F)cc(C(O)CCc2cccnc2)c1. The van der Waals surface area contributed by atoms with Gasteiger partial charge in [-0.05, 0) is 54.7 Å². The lowest BCUT2D eigenvalue weighted by atomic mass is 10.0. The zero-order valence-corrected chi connectivity index (χ0v) is 10.3. The summed E-state index contributed by atoms with van der Waals surface area (Å²) < 4.78 is 13.2. The second-order valence-corrected chi connectivity index (χ2v) is 4.48. The monoisotopic (exact) mass is 245 g/mol. The first-order valence-electron chi connectivity index (χ1n) is 5.99. The van der Waals surface area contributed by atoms with Gasteiger partial charge in [-0.25, -0.2) is 4.39 Å². The van der Waals surface area contributed by atoms with Crippen LogP contribution in [0.1, 0.15) is 29.2 Å². The van der Waals surface area contributed by atoms with Crippen molar-refractivity contribution in [3.63, 3.8) is 0 Å². The Morgan fingerprint density at radius 2 is 2.17 bits per heavy atom. The van der Waals surface area contributed by atoms with Gasteiger partial charge in [-0.15, -0.1) is 0 Å². The summed E-state index contributed by atoms with van der Waals surface area (Å²) in [6, 6.07) is 8.50. The molecule has 94 valence electrons. The number of aromatic nitrogens is 1. The molecule has 3 heteroatoms. The molecule has 1 aromatic heterocycles. The van der Waals surface area contributed by atoms with Crippen molar-refractivity contribution in [1.82, 2.24) is 4.98 Å². The summed E-state index contributed by atoms with van der Waals surface area (Å²) in [5, 5.41) is 10.0. The molecule has 0 aliphatic carbocycles. The minimum Gasteiger partial charge on any atom is -0.388 e. The predicted octanol–water partition coefficient (Wildman–Crippen LogP) is 3.20. The molecule has 1 unspecified atom stereocenters. The summed E-state index contributed by atoms with van der Waals surface area (Å²) in [6.45, 7) is 1.82. The van der Waals surface area contributed by atoms with Crippen molar-refractivity contribution in [3.05, 3.63) is 65.2 Å². The summed E-state index contributed by atoms with van der Waals surface area (Å²) in [6.07, 6.45) is 4.15. The molecule has 0 saturated carbocycles. The molecule has 2 nitrogen and oxygen atoms in total. The van der Waals surface area contributed by atoms with Crippen molar-refractivity contribution < 1.29 is 9.50 Å². The van der Waals surface area contributed by atoms with E-state index in [4.69, 9.17) is 0 Å². The fourth-order valence-electron chi connectivity index (χ4n) is 1.97. The topological polar surface area (TPSA) is 33.1 Å². The molecule has 0 aliphatic heterocycles. The second-order valence-electron chi connectivity index (χ2n) is 4.48. The predicted molar refractivity (Wildman–Crippen MR) is 68.7 cm³/mol. The van der Waals surface area contributed by atoms with Gasteiger partial charge in [0.05, 0.1) is 6.10 Å². The number of aliphatic hydroxyl groups is 1. The average Bonchev–Trinajstić information content (AvgIpc) is 2.36. The Morgan fingerprint density at radius 1 is 1.33 bits per heavy atom. The van der Waals surface area contributed by atoms with Crippen LogP contribution in [0.25, 0.3) is 0 Å². The van der Waals surface area contributed by atoms with Crippen LogP contribution in [0.2, 0.25) is 0 Å². The van der Waals surface area contributed by atoms with Crippen LogP contribution in [0, 0.1) is 12.7 Å². The van der Waals surface area contributed by atoms with Gasteiger partial charge in [0.25, 0.3) is 0 Å². The molecule has 2 rings (SSSR count). The van der Waals surface area contributed by atoms with Crippen molar-refractivity contribution >= 4 is 0 Å². The number of aliphatic hydroxyl groups excluding tert-OH is 1. The van der Waals surface area contributed by atoms with Gasteiger partial charge in [0.2, 0.25) is 0 Å². The number of aryl methyl sites for hydroxylation is 2. The van der Waals surface area contributed by atoms with Gasteiger partial charge in [0.15, 0.2) is 0 Å². The summed E-state index contributed by atoms with van der Waals surface area (Å²) in [7, 11) is 0. The minimum absolute atomic E-state index is 0.301.